The predicted octanol–water partition coefficient (Wildman–Crippen LogP) is 2.75. The number of likely N-dealkylation sites (tertiary alicyclic amines) is 1. The van der Waals surface area contributed by atoms with Crippen LogP contribution in [0.2, 0.25) is 0 Å². The fourth-order valence-electron chi connectivity index (χ4n) is 3.50. The number of hydrogen-bond acceptors (Lipinski definition) is 3. The summed E-state index contributed by atoms with van der Waals surface area (Å²) >= 11 is 0. The van der Waals surface area contributed by atoms with Crippen LogP contribution in [0.5, 0.6) is 0 Å². The molecule has 5 nitrogen and oxygen atoms in total. The molecular formula is C22H26FN3O2. The van der Waals surface area contributed by atoms with Crippen LogP contribution in [0.4, 0.5) is 4.39 Å². The van der Waals surface area contributed by atoms with E-state index in [1.165, 1.54) is 12.1 Å². The maximum atomic E-state index is 13.3. The highest BCUT2D eigenvalue weighted by Gasteiger charge is 2.29. The van der Waals surface area contributed by atoms with Crippen molar-refractivity contribution < 1.29 is 14.0 Å². The number of benzene rings is 1. The van der Waals surface area contributed by atoms with E-state index in [0.717, 1.165) is 24.0 Å². The van der Waals surface area contributed by atoms with E-state index >= 15 is 0 Å². The van der Waals surface area contributed by atoms with Gasteiger partial charge < -0.3 is 10.2 Å². The van der Waals surface area contributed by atoms with Gasteiger partial charge in [-0.3, -0.25) is 14.6 Å². The van der Waals surface area contributed by atoms with Crippen molar-refractivity contribution in [3.63, 3.8) is 0 Å². The molecule has 0 aliphatic carbocycles. The molecule has 1 saturated heterocycles. The smallest absolute Gasteiger partial charge is 0.224 e. The van der Waals surface area contributed by atoms with Gasteiger partial charge in [0, 0.05) is 38.4 Å². The maximum absolute atomic E-state index is 13.3. The Balaban J connectivity index is 1.42. The van der Waals surface area contributed by atoms with Gasteiger partial charge in [-0.15, -0.1) is 0 Å². The number of carbonyl (C=O) groups is 2. The lowest BCUT2D eigenvalue weighted by Gasteiger charge is -2.32. The van der Waals surface area contributed by atoms with Crippen molar-refractivity contribution in [2.75, 3.05) is 19.6 Å². The number of nitrogens with zero attached hydrogens (tertiary/aromatic N) is 2. The Morgan fingerprint density at radius 2 is 2.07 bits per heavy atom. The molecule has 1 aliphatic rings. The number of rotatable bonds is 8. The molecule has 0 spiro atoms. The van der Waals surface area contributed by atoms with E-state index in [1.54, 1.807) is 17.2 Å². The standard InChI is InChI=1S/C22H26FN3O2/c23-20-7-1-4-17(14-20)10-13-26-16-19(8-9-21(26)27)22(28)25-12-3-6-18-5-2-11-24-15-18/h1-2,4-5,7,11,14-15,19H,3,6,8-10,12-13,16H2,(H,25,28). The van der Waals surface area contributed by atoms with Gasteiger partial charge in [0.1, 0.15) is 5.82 Å². The van der Waals surface area contributed by atoms with Gasteiger partial charge in [0.25, 0.3) is 0 Å². The molecule has 6 heteroatoms. The van der Waals surface area contributed by atoms with E-state index in [0.29, 0.717) is 38.9 Å². The first-order valence-corrected chi connectivity index (χ1v) is 9.80. The molecule has 28 heavy (non-hydrogen) atoms. The molecular weight excluding hydrogens is 357 g/mol. The summed E-state index contributed by atoms with van der Waals surface area (Å²) in [5.41, 5.74) is 2.01. The van der Waals surface area contributed by atoms with Crippen LogP contribution in [-0.2, 0) is 22.4 Å². The second-order valence-corrected chi connectivity index (χ2v) is 7.21. The minimum absolute atomic E-state index is 0.00874. The number of pyridine rings is 1. The normalized spacial score (nSPS) is 16.8. The van der Waals surface area contributed by atoms with Crippen LogP contribution in [0.25, 0.3) is 0 Å². The zero-order valence-electron chi connectivity index (χ0n) is 15.9. The van der Waals surface area contributed by atoms with E-state index in [4.69, 9.17) is 0 Å². The van der Waals surface area contributed by atoms with Crippen LogP contribution in [0.1, 0.15) is 30.4 Å². The van der Waals surface area contributed by atoms with Gasteiger partial charge in [-0.2, -0.15) is 0 Å². The first-order chi connectivity index (χ1) is 13.6. The van der Waals surface area contributed by atoms with Crippen molar-refractivity contribution in [2.45, 2.75) is 32.1 Å². The molecule has 3 rings (SSSR count). The van der Waals surface area contributed by atoms with Gasteiger partial charge >= 0.3 is 0 Å². The lowest BCUT2D eigenvalue weighted by molar-refractivity contribution is -0.138. The molecule has 1 aliphatic heterocycles. The summed E-state index contributed by atoms with van der Waals surface area (Å²) in [5.74, 6) is -0.374. The van der Waals surface area contributed by atoms with Crippen LogP contribution in [0, 0.1) is 11.7 Å². The Morgan fingerprint density at radius 1 is 1.21 bits per heavy atom. The topological polar surface area (TPSA) is 62.3 Å². The van der Waals surface area contributed by atoms with Crippen molar-refractivity contribution >= 4 is 11.8 Å². The Hall–Kier alpha value is -2.76. The molecule has 1 fully saturated rings. The SMILES string of the molecule is O=C(NCCCc1cccnc1)C1CCC(=O)N(CCc2cccc(F)c2)C1. The molecule has 1 unspecified atom stereocenters. The van der Waals surface area contributed by atoms with Gasteiger partial charge in [-0.1, -0.05) is 18.2 Å². The molecule has 1 aromatic heterocycles. The fraction of sp³-hybridized carbons (Fsp3) is 0.409. The maximum Gasteiger partial charge on any atom is 0.224 e. The van der Waals surface area contributed by atoms with Crippen LogP contribution >= 0.6 is 0 Å². The van der Waals surface area contributed by atoms with Gasteiger partial charge in [0.2, 0.25) is 11.8 Å². The number of hydrogen-bond donors (Lipinski definition) is 1. The third-order valence-electron chi connectivity index (χ3n) is 5.09. The number of aryl methyl sites for hydroxylation is 1. The number of piperidine rings is 1. The first kappa shape index (κ1) is 20.0. The Kier molecular flexibility index (Phi) is 7.12. The summed E-state index contributed by atoms with van der Waals surface area (Å²) in [4.78, 5) is 30.5. The van der Waals surface area contributed by atoms with Crippen LogP contribution in [0.3, 0.4) is 0 Å². The summed E-state index contributed by atoms with van der Waals surface area (Å²) in [6, 6.07) is 10.4. The average Bonchev–Trinajstić information content (AvgIpc) is 2.71. The van der Waals surface area contributed by atoms with E-state index in [2.05, 4.69) is 10.3 Å². The zero-order chi connectivity index (χ0) is 19.8. The van der Waals surface area contributed by atoms with Crippen molar-refractivity contribution in [1.29, 1.82) is 0 Å². The largest absolute Gasteiger partial charge is 0.356 e. The van der Waals surface area contributed by atoms with Crippen molar-refractivity contribution in [2.24, 2.45) is 5.92 Å². The Bertz CT molecular complexity index is 797. The van der Waals surface area contributed by atoms with Crippen molar-refractivity contribution in [3.05, 3.63) is 65.7 Å². The third-order valence-corrected chi connectivity index (χ3v) is 5.09. The van der Waals surface area contributed by atoms with E-state index in [1.807, 2.05) is 24.4 Å². The third kappa shape index (κ3) is 5.87. The number of nitrogens with one attached hydrogen (secondary N) is 1. The highest BCUT2D eigenvalue weighted by Crippen LogP contribution is 2.18. The molecule has 1 N–H and O–H groups in total. The molecule has 2 amide bonds. The minimum atomic E-state index is -0.272. The minimum Gasteiger partial charge on any atom is -0.356 e. The summed E-state index contributed by atoms with van der Waals surface area (Å²) in [7, 11) is 0. The van der Waals surface area contributed by atoms with Gasteiger partial charge in [0.15, 0.2) is 0 Å². The highest BCUT2D eigenvalue weighted by atomic mass is 19.1. The monoisotopic (exact) mass is 383 g/mol. The predicted molar refractivity (Wildman–Crippen MR) is 105 cm³/mol. The average molecular weight is 383 g/mol. The summed E-state index contributed by atoms with van der Waals surface area (Å²) in [5, 5.41) is 2.99. The zero-order valence-corrected chi connectivity index (χ0v) is 15.9. The van der Waals surface area contributed by atoms with Crippen LogP contribution < -0.4 is 5.32 Å². The second-order valence-electron chi connectivity index (χ2n) is 7.21. The molecule has 0 radical (unpaired) electrons. The number of aromatic nitrogens is 1. The molecule has 0 saturated carbocycles. The summed E-state index contributed by atoms with van der Waals surface area (Å²) in [6.07, 6.45) is 6.87. The van der Waals surface area contributed by atoms with Crippen LogP contribution in [-0.4, -0.2) is 41.3 Å². The fourth-order valence-corrected chi connectivity index (χ4v) is 3.50. The van der Waals surface area contributed by atoms with Gasteiger partial charge in [-0.05, 0) is 55.0 Å². The Morgan fingerprint density at radius 3 is 2.86 bits per heavy atom. The summed E-state index contributed by atoms with van der Waals surface area (Å²) < 4.78 is 13.3. The number of halogens is 1. The molecule has 2 aromatic rings. The molecule has 2 heterocycles. The van der Waals surface area contributed by atoms with Crippen LogP contribution in [0.15, 0.2) is 48.8 Å². The van der Waals surface area contributed by atoms with Crippen molar-refractivity contribution in [1.82, 2.24) is 15.2 Å². The summed E-state index contributed by atoms with van der Waals surface area (Å²) in [6.45, 7) is 1.55. The van der Waals surface area contributed by atoms with E-state index in [-0.39, 0.29) is 23.5 Å². The van der Waals surface area contributed by atoms with E-state index in [9.17, 15) is 14.0 Å². The van der Waals surface area contributed by atoms with Gasteiger partial charge in [0.05, 0.1) is 5.92 Å². The van der Waals surface area contributed by atoms with Gasteiger partial charge in [-0.25, -0.2) is 4.39 Å². The first-order valence-electron chi connectivity index (χ1n) is 9.80. The molecule has 0 bridgehead atoms. The molecule has 148 valence electrons. The van der Waals surface area contributed by atoms with Crippen molar-refractivity contribution in [3.8, 4) is 0 Å². The highest BCUT2D eigenvalue weighted by molar-refractivity contribution is 5.83. The number of carbonyl (C=O) groups excluding carboxylic acids is 2. The lowest BCUT2D eigenvalue weighted by atomic mass is 9.96. The second kappa shape index (κ2) is 9.97. The molecule has 1 aromatic carbocycles. The number of amides is 2. The lowest BCUT2D eigenvalue weighted by Crippen LogP contribution is -2.46. The van der Waals surface area contributed by atoms with E-state index < -0.39 is 0 Å². The molecule has 1 atom stereocenters. The Labute approximate surface area is 165 Å². The quantitative estimate of drug-likeness (QED) is 0.713.